The maximum absolute atomic E-state index is 5.90. The predicted molar refractivity (Wildman–Crippen MR) is 111 cm³/mol. The molecular weight excluding hydrogens is 498 g/mol. The van der Waals surface area contributed by atoms with Crippen LogP contribution < -0.4 is 11.4 Å². The van der Waals surface area contributed by atoms with Crippen molar-refractivity contribution in [2.45, 2.75) is 6.92 Å². The summed E-state index contributed by atoms with van der Waals surface area (Å²) in [5.74, 6) is 1.53. The monoisotopic (exact) mass is 504 g/mol. The Morgan fingerprint density at radius 1 is 0.640 bits per heavy atom. The summed E-state index contributed by atoms with van der Waals surface area (Å²) in [6.07, 6.45) is 0. The Kier molecular flexibility index (Phi) is 9.57. The molecule has 0 radical (unpaired) electrons. The van der Waals surface area contributed by atoms with Crippen LogP contribution in [0.4, 0.5) is 0 Å². The van der Waals surface area contributed by atoms with Gasteiger partial charge in [-0.05, 0) is 37.3 Å². The Bertz CT molecular complexity index is 732. The molecule has 2 aromatic rings. The summed E-state index contributed by atoms with van der Waals surface area (Å²) in [5, 5.41) is 0. The Labute approximate surface area is 185 Å². The minimum atomic E-state index is -2.37. The molecule has 0 aliphatic carbocycles. The smallest absolute Gasteiger partial charge is 0.620 e. The van der Waals surface area contributed by atoms with Crippen molar-refractivity contribution in [1.29, 1.82) is 0 Å². The SMILES string of the molecule is Cc1ccc([O][Al]([Cl])[Cl])c(-c2cc([O][Al]([Cl])[Cl])ccc2[O][Al]([Cl])[Cl])c1. The zero-order chi connectivity index (χ0) is 18.6. The van der Waals surface area contributed by atoms with Gasteiger partial charge in [0.1, 0.15) is 0 Å². The van der Waals surface area contributed by atoms with Gasteiger partial charge in [-0.25, -0.2) is 0 Å². The molecule has 2 rings (SSSR count). The van der Waals surface area contributed by atoms with E-state index < -0.39 is 37.9 Å². The summed E-state index contributed by atoms with van der Waals surface area (Å²) in [6, 6.07) is 10.7. The molecule has 0 fully saturated rings. The van der Waals surface area contributed by atoms with Crippen molar-refractivity contribution in [1.82, 2.24) is 0 Å². The number of rotatable bonds is 7. The van der Waals surface area contributed by atoms with Gasteiger partial charge in [0, 0.05) is 11.1 Å². The molecule has 0 amide bonds. The van der Waals surface area contributed by atoms with Crippen molar-refractivity contribution in [3.8, 4) is 28.4 Å². The fourth-order valence-electron chi connectivity index (χ4n) is 2.15. The van der Waals surface area contributed by atoms with Crippen molar-refractivity contribution in [3.05, 3.63) is 42.0 Å². The first kappa shape index (κ1) is 22.5. The maximum atomic E-state index is 5.90. The Morgan fingerprint density at radius 2 is 1.12 bits per heavy atom. The van der Waals surface area contributed by atoms with Crippen molar-refractivity contribution in [3.63, 3.8) is 0 Å². The highest BCUT2D eigenvalue weighted by atomic mass is 35.7. The number of hydrogen-bond acceptors (Lipinski definition) is 3. The zero-order valence-corrected chi connectivity index (χ0v) is 20.7. The van der Waals surface area contributed by atoms with E-state index in [2.05, 4.69) is 0 Å². The molecule has 0 unspecified atom stereocenters. The highest BCUT2D eigenvalue weighted by Gasteiger charge is 2.25. The number of halogens is 6. The van der Waals surface area contributed by atoms with E-state index in [-0.39, 0.29) is 0 Å². The highest BCUT2D eigenvalue weighted by Crippen LogP contribution is 2.40. The molecule has 0 atom stereocenters. The first-order chi connectivity index (χ1) is 11.8. The van der Waals surface area contributed by atoms with Gasteiger partial charge in [-0.3, -0.25) is 0 Å². The Morgan fingerprint density at radius 3 is 1.64 bits per heavy atom. The van der Waals surface area contributed by atoms with E-state index in [4.69, 9.17) is 71.7 Å². The van der Waals surface area contributed by atoms with Crippen LogP contribution in [-0.2, 0) is 0 Å². The highest BCUT2D eigenvalue weighted by molar-refractivity contribution is 7.31. The van der Waals surface area contributed by atoms with Gasteiger partial charge in [0.15, 0.2) is 0 Å². The van der Waals surface area contributed by atoms with Gasteiger partial charge in [0.2, 0.25) is 0 Å². The second kappa shape index (κ2) is 10.6. The van der Waals surface area contributed by atoms with E-state index in [9.17, 15) is 0 Å². The van der Waals surface area contributed by atoms with Gasteiger partial charge in [-0.2, -0.15) is 60.3 Å². The molecule has 0 heterocycles. The minimum Gasteiger partial charge on any atom is -0.620 e. The molecule has 2 aromatic carbocycles. The first-order valence-corrected chi connectivity index (χ1v) is 18.7. The van der Waals surface area contributed by atoms with Crippen molar-refractivity contribution < 1.29 is 11.4 Å². The topological polar surface area (TPSA) is 27.7 Å². The molecule has 0 N–H and O–H groups in total. The molecule has 0 aliphatic heterocycles. The molecule has 130 valence electrons. The van der Waals surface area contributed by atoms with Crippen LogP contribution >= 0.6 is 60.3 Å². The number of aryl methyl sites for hydroxylation is 1. The van der Waals surface area contributed by atoms with E-state index in [1.807, 2.05) is 19.1 Å². The second-order valence-electron chi connectivity index (χ2n) is 4.79. The molecule has 0 spiro atoms. The summed E-state index contributed by atoms with van der Waals surface area (Å²) in [5.41, 5.74) is 2.40. The van der Waals surface area contributed by atoms with E-state index in [0.29, 0.717) is 22.8 Å². The van der Waals surface area contributed by atoms with Gasteiger partial charge in [-0.15, -0.1) is 0 Å². The van der Waals surface area contributed by atoms with Gasteiger partial charge < -0.3 is 11.4 Å². The lowest BCUT2D eigenvalue weighted by molar-refractivity contribution is 0.585. The molecule has 0 aromatic heterocycles. The zero-order valence-electron chi connectivity index (χ0n) is 12.7. The predicted octanol–water partition coefficient (Wildman–Crippen LogP) is 6.19. The van der Waals surface area contributed by atoms with Gasteiger partial charge >= 0.3 is 37.9 Å². The van der Waals surface area contributed by atoms with Crippen LogP contribution in [-0.4, -0.2) is 37.9 Å². The molecule has 0 saturated carbocycles. The summed E-state index contributed by atoms with van der Waals surface area (Å²) >= 11 is -7.03. The van der Waals surface area contributed by atoms with Crippen LogP contribution in [0.1, 0.15) is 5.56 Å². The molecule has 3 nitrogen and oxygen atoms in total. The van der Waals surface area contributed by atoms with E-state index >= 15 is 0 Å². The van der Waals surface area contributed by atoms with E-state index in [1.165, 1.54) is 0 Å². The molecule has 12 heteroatoms. The number of hydrogen-bond donors (Lipinski definition) is 0. The quantitative estimate of drug-likeness (QED) is 0.419. The standard InChI is InChI=1S/C13H12O3.3Al.6ClH/c1-8-2-4-12(15)10(6-8)11-7-9(14)3-5-13(11)16;;;;;;;;;/h2-7,14-16H,1H3;;;;6*1H/q;3*+3;;;;;;/p-9. The lowest BCUT2D eigenvalue weighted by Gasteiger charge is -2.19. The molecular formula is C13H9Al3Cl6O3. The van der Waals surface area contributed by atoms with Crippen LogP contribution in [0.5, 0.6) is 17.2 Å². The Hall–Kier alpha value is 1.18. The largest absolute Gasteiger partial charge is 0.815 e. The minimum absolute atomic E-state index is 0.495. The van der Waals surface area contributed by atoms with Crippen LogP contribution in [0.3, 0.4) is 0 Å². The van der Waals surface area contributed by atoms with Gasteiger partial charge in [0.25, 0.3) is 0 Å². The molecule has 0 bridgehead atoms. The second-order valence-corrected chi connectivity index (χ2v) is 16.2. The van der Waals surface area contributed by atoms with Gasteiger partial charge in [-0.1, -0.05) is 11.6 Å². The maximum Gasteiger partial charge on any atom is 0.815 e. The van der Waals surface area contributed by atoms with Crippen molar-refractivity contribution in [2.75, 3.05) is 0 Å². The third-order valence-corrected chi connectivity index (χ3v) is 5.95. The van der Waals surface area contributed by atoms with Crippen molar-refractivity contribution in [2.24, 2.45) is 0 Å². The third-order valence-electron chi connectivity index (χ3n) is 3.03. The van der Waals surface area contributed by atoms with E-state index in [1.54, 1.807) is 24.3 Å². The third kappa shape index (κ3) is 7.25. The fraction of sp³-hybridized carbons (Fsp3) is 0.0769. The van der Waals surface area contributed by atoms with Crippen LogP contribution in [0.25, 0.3) is 11.1 Å². The van der Waals surface area contributed by atoms with Crippen molar-refractivity contribution >= 4 is 98.2 Å². The van der Waals surface area contributed by atoms with Crippen LogP contribution in [0.15, 0.2) is 36.4 Å². The summed E-state index contributed by atoms with van der Waals surface area (Å²) in [7, 11) is 35.2. The average molecular weight is 507 g/mol. The summed E-state index contributed by atoms with van der Waals surface area (Å²) < 4.78 is 16.7. The molecule has 0 aliphatic rings. The fourth-order valence-corrected chi connectivity index (χ4v) is 5.06. The summed E-state index contributed by atoms with van der Waals surface area (Å²) in [4.78, 5) is 0. The normalized spacial score (nSPS) is 10.2. The lowest BCUT2D eigenvalue weighted by atomic mass is 10.0. The van der Waals surface area contributed by atoms with Crippen LogP contribution in [0, 0.1) is 6.92 Å². The molecule has 25 heavy (non-hydrogen) atoms. The summed E-state index contributed by atoms with van der Waals surface area (Å²) in [6.45, 7) is 1.95. The number of benzene rings is 2. The van der Waals surface area contributed by atoms with Gasteiger partial charge in [0.05, 0.1) is 17.2 Å². The lowest BCUT2D eigenvalue weighted by Crippen LogP contribution is -2.10. The van der Waals surface area contributed by atoms with Crippen LogP contribution in [0.2, 0.25) is 0 Å². The average Bonchev–Trinajstić information content (AvgIpc) is 2.49. The Balaban J connectivity index is 2.59. The molecule has 0 saturated heterocycles. The first-order valence-electron chi connectivity index (χ1n) is 6.85. The van der Waals surface area contributed by atoms with E-state index in [0.717, 1.165) is 11.1 Å².